The van der Waals surface area contributed by atoms with Gasteiger partial charge in [-0.1, -0.05) is 39.0 Å². The zero-order chi connectivity index (χ0) is 11.4. The van der Waals surface area contributed by atoms with Gasteiger partial charge in [-0.15, -0.1) is 0 Å². The fourth-order valence-corrected chi connectivity index (χ4v) is 3.18. The van der Waals surface area contributed by atoms with Crippen molar-refractivity contribution < 1.29 is 0 Å². The molecule has 2 aliphatic rings. The van der Waals surface area contributed by atoms with Crippen molar-refractivity contribution in [3.8, 4) is 0 Å². The fourth-order valence-electron chi connectivity index (χ4n) is 3.18. The van der Waals surface area contributed by atoms with E-state index >= 15 is 0 Å². The standard InChI is InChI=1S/C14H26N2/c1-11-7-3-2-4-10-13(11)16-14(15)12-8-5-6-9-12/h11-13H,2-10H2,1H3,(H2,15,16). The third-order valence-electron chi connectivity index (χ3n) is 4.40. The van der Waals surface area contributed by atoms with Crippen LogP contribution in [-0.2, 0) is 0 Å². The van der Waals surface area contributed by atoms with Crippen molar-refractivity contribution in [2.45, 2.75) is 70.8 Å². The van der Waals surface area contributed by atoms with Gasteiger partial charge in [0.05, 0.1) is 11.9 Å². The number of aliphatic imine (C=N–C) groups is 1. The molecule has 0 aliphatic heterocycles. The van der Waals surface area contributed by atoms with Crippen molar-refractivity contribution in [3.05, 3.63) is 0 Å². The van der Waals surface area contributed by atoms with Gasteiger partial charge in [-0.3, -0.25) is 4.99 Å². The van der Waals surface area contributed by atoms with E-state index in [0.29, 0.717) is 12.0 Å². The van der Waals surface area contributed by atoms with Crippen LogP contribution in [0.4, 0.5) is 0 Å². The number of hydrogen-bond donors (Lipinski definition) is 1. The molecular formula is C14H26N2. The Kier molecular flexibility index (Phi) is 4.25. The maximum absolute atomic E-state index is 6.17. The molecule has 92 valence electrons. The van der Waals surface area contributed by atoms with Crippen LogP contribution in [0.3, 0.4) is 0 Å². The summed E-state index contributed by atoms with van der Waals surface area (Å²) in [4.78, 5) is 4.85. The van der Waals surface area contributed by atoms with Crippen molar-refractivity contribution in [3.63, 3.8) is 0 Å². The lowest BCUT2D eigenvalue weighted by Crippen LogP contribution is -2.26. The lowest BCUT2D eigenvalue weighted by atomic mass is 9.97. The third kappa shape index (κ3) is 2.99. The first-order valence-corrected chi connectivity index (χ1v) is 7.10. The van der Waals surface area contributed by atoms with Gasteiger partial charge in [0.1, 0.15) is 0 Å². The molecule has 2 aliphatic carbocycles. The van der Waals surface area contributed by atoms with Crippen molar-refractivity contribution in [2.75, 3.05) is 0 Å². The van der Waals surface area contributed by atoms with Gasteiger partial charge in [-0.25, -0.2) is 0 Å². The molecule has 0 radical (unpaired) electrons. The second-order valence-electron chi connectivity index (χ2n) is 5.72. The number of nitrogens with two attached hydrogens (primary N) is 1. The zero-order valence-corrected chi connectivity index (χ0v) is 10.6. The van der Waals surface area contributed by atoms with E-state index in [1.807, 2.05) is 0 Å². The van der Waals surface area contributed by atoms with Gasteiger partial charge >= 0.3 is 0 Å². The van der Waals surface area contributed by atoms with E-state index in [9.17, 15) is 0 Å². The van der Waals surface area contributed by atoms with E-state index in [1.165, 1.54) is 57.8 Å². The van der Waals surface area contributed by atoms with Gasteiger partial charge in [-0.2, -0.15) is 0 Å². The molecule has 0 heterocycles. The largest absolute Gasteiger partial charge is 0.387 e. The van der Waals surface area contributed by atoms with Crippen LogP contribution in [0.1, 0.15) is 64.7 Å². The molecule has 2 N–H and O–H groups in total. The van der Waals surface area contributed by atoms with E-state index in [-0.39, 0.29) is 0 Å². The van der Waals surface area contributed by atoms with Crippen LogP contribution < -0.4 is 5.73 Å². The summed E-state index contributed by atoms with van der Waals surface area (Å²) >= 11 is 0. The van der Waals surface area contributed by atoms with E-state index in [4.69, 9.17) is 10.7 Å². The van der Waals surface area contributed by atoms with Crippen LogP contribution in [0.25, 0.3) is 0 Å². The molecule has 2 heteroatoms. The van der Waals surface area contributed by atoms with E-state index < -0.39 is 0 Å². The summed E-state index contributed by atoms with van der Waals surface area (Å²) < 4.78 is 0. The molecule has 2 saturated carbocycles. The topological polar surface area (TPSA) is 38.4 Å². The summed E-state index contributed by atoms with van der Waals surface area (Å²) in [6.45, 7) is 2.35. The third-order valence-corrected chi connectivity index (χ3v) is 4.40. The van der Waals surface area contributed by atoms with Gasteiger partial charge in [-0.05, 0) is 31.6 Å². The lowest BCUT2D eigenvalue weighted by molar-refractivity contribution is 0.431. The molecule has 0 aromatic rings. The summed E-state index contributed by atoms with van der Waals surface area (Å²) in [5.74, 6) is 2.31. The number of nitrogens with zero attached hydrogens (tertiary/aromatic N) is 1. The van der Waals surface area contributed by atoms with Crippen LogP contribution in [0.2, 0.25) is 0 Å². The average Bonchev–Trinajstić information content (AvgIpc) is 2.73. The minimum atomic E-state index is 0.517. The molecule has 2 rings (SSSR count). The van der Waals surface area contributed by atoms with Crippen molar-refractivity contribution in [1.82, 2.24) is 0 Å². The van der Waals surface area contributed by atoms with E-state index in [2.05, 4.69) is 6.92 Å². The SMILES string of the molecule is CC1CCCCCC1N=C(N)C1CCCC1. The number of amidine groups is 1. The first-order valence-electron chi connectivity index (χ1n) is 7.10. The highest BCUT2D eigenvalue weighted by Crippen LogP contribution is 2.28. The minimum absolute atomic E-state index is 0.517. The summed E-state index contributed by atoms with van der Waals surface area (Å²) in [6, 6.07) is 0.517. The molecule has 0 amide bonds. The Morgan fingerprint density at radius 2 is 1.56 bits per heavy atom. The van der Waals surface area contributed by atoms with Crippen molar-refractivity contribution in [2.24, 2.45) is 22.6 Å². The monoisotopic (exact) mass is 222 g/mol. The predicted octanol–water partition coefficient (Wildman–Crippen LogP) is 3.50. The first kappa shape index (κ1) is 11.9. The fraction of sp³-hybridized carbons (Fsp3) is 0.929. The Morgan fingerprint density at radius 1 is 0.938 bits per heavy atom. The summed E-state index contributed by atoms with van der Waals surface area (Å²) in [5, 5.41) is 0. The van der Waals surface area contributed by atoms with Crippen molar-refractivity contribution in [1.29, 1.82) is 0 Å². The average molecular weight is 222 g/mol. The predicted molar refractivity (Wildman–Crippen MR) is 69.6 cm³/mol. The summed E-state index contributed by atoms with van der Waals surface area (Å²) in [6.07, 6.45) is 12.0. The van der Waals surface area contributed by atoms with Crippen LogP contribution in [0, 0.1) is 11.8 Å². The first-order chi connectivity index (χ1) is 7.77. The van der Waals surface area contributed by atoms with Crippen LogP contribution in [-0.4, -0.2) is 11.9 Å². The molecule has 0 spiro atoms. The maximum atomic E-state index is 6.17. The van der Waals surface area contributed by atoms with Gasteiger partial charge in [0.15, 0.2) is 0 Å². The molecular weight excluding hydrogens is 196 g/mol. The van der Waals surface area contributed by atoms with Crippen molar-refractivity contribution >= 4 is 5.84 Å². The van der Waals surface area contributed by atoms with Gasteiger partial charge in [0, 0.05) is 5.92 Å². The Bertz CT molecular complexity index is 241. The number of hydrogen-bond acceptors (Lipinski definition) is 1. The lowest BCUT2D eigenvalue weighted by Gasteiger charge is -2.19. The smallest absolute Gasteiger partial charge is 0.0971 e. The molecule has 0 aromatic heterocycles. The minimum Gasteiger partial charge on any atom is -0.387 e. The highest BCUT2D eigenvalue weighted by molar-refractivity contribution is 5.83. The Morgan fingerprint density at radius 3 is 2.31 bits per heavy atom. The molecule has 2 atom stereocenters. The van der Waals surface area contributed by atoms with Crippen LogP contribution in [0.15, 0.2) is 4.99 Å². The zero-order valence-electron chi connectivity index (χ0n) is 10.6. The van der Waals surface area contributed by atoms with E-state index in [1.54, 1.807) is 0 Å². The molecule has 16 heavy (non-hydrogen) atoms. The molecule has 2 nitrogen and oxygen atoms in total. The van der Waals surface area contributed by atoms with Crippen LogP contribution in [0.5, 0.6) is 0 Å². The van der Waals surface area contributed by atoms with Gasteiger partial charge in [0.2, 0.25) is 0 Å². The molecule has 2 fully saturated rings. The highest BCUT2D eigenvalue weighted by Gasteiger charge is 2.23. The molecule has 0 saturated heterocycles. The highest BCUT2D eigenvalue weighted by atomic mass is 14.9. The van der Waals surface area contributed by atoms with Gasteiger partial charge in [0.25, 0.3) is 0 Å². The number of rotatable bonds is 2. The second-order valence-corrected chi connectivity index (χ2v) is 5.72. The van der Waals surface area contributed by atoms with Gasteiger partial charge < -0.3 is 5.73 Å². The Balaban J connectivity index is 1.96. The quantitative estimate of drug-likeness (QED) is 0.433. The molecule has 0 bridgehead atoms. The van der Waals surface area contributed by atoms with E-state index in [0.717, 1.165) is 11.8 Å². The van der Waals surface area contributed by atoms with Crippen LogP contribution >= 0.6 is 0 Å². The Hall–Kier alpha value is -0.530. The Labute approximate surface area is 99.7 Å². The summed E-state index contributed by atoms with van der Waals surface area (Å²) in [5.41, 5.74) is 6.17. The normalized spacial score (nSPS) is 33.9. The second kappa shape index (κ2) is 5.70. The summed E-state index contributed by atoms with van der Waals surface area (Å²) in [7, 11) is 0. The maximum Gasteiger partial charge on any atom is 0.0971 e. The molecule has 2 unspecified atom stereocenters. The molecule has 0 aromatic carbocycles.